The van der Waals surface area contributed by atoms with Crippen molar-refractivity contribution in [1.29, 1.82) is 0 Å². The van der Waals surface area contributed by atoms with Crippen molar-refractivity contribution in [2.24, 2.45) is 5.41 Å². The summed E-state index contributed by atoms with van der Waals surface area (Å²) in [6.07, 6.45) is 3.66. The first-order chi connectivity index (χ1) is 10.4. The first-order valence-corrected chi connectivity index (χ1v) is 8.14. The Kier molecular flexibility index (Phi) is 4.02. The van der Waals surface area contributed by atoms with E-state index in [2.05, 4.69) is 38.2 Å². The molecular weight excluding hydrogens is 278 g/mol. The van der Waals surface area contributed by atoms with Gasteiger partial charge in [0.2, 0.25) is 5.91 Å². The van der Waals surface area contributed by atoms with Gasteiger partial charge in [-0.3, -0.25) is 4.79 Å². The lowest BCUT2D eigenvalue weighted by atomic mass is 9.86. The summed E-state index contributed by atoms with van der Waals surface area (Å²) < 4.78 is 11.3. The molecule has 0 spiro atoms. The SMILES string of the molecule is CC(C)(C)CC(=O)NC1CCCc2cc3c(cc21)OCCO3. The number of aryl methyl sites for hydroxylation is 1. The normalized spacial score (nSPS) is 20.2. The predicted octanol–water partition coefficient (Wildman–Crippen LogP) is 3.39. The van der Waals surface area contributed by atoms with Gasteiger partial charge < -0.3 is 14.8 Å². The first-order valence-electron chi connectivity index (χ1n) is 8.14. The van der Waals surface area contributed by atoms with Gasteiger partial charge >= 0.3 is 0 Å². The standard InChI is InChI=1S/C18H25NO3/c1-18(2,3)11-17(20)19-14-6-4-5-12-9-15-16(10-13(12)14)22-8-7-21-15/h9-10,14H,4-8,11H2,1-3H3,(H,19,20). The molecule has 1 aromatic carbocycles. The molecule has 3 rings (SSSR count). The Hall–Kier alpha value is -1.71. The average molecular weight is 303 g/mol. The largest absolute Gasteiger partial charge is 0.486 e. The summed E-state index contributed by atoms with van der Waals surface area (Å²) in [6.45, 7) is 7.46. The van der Waals surface area contributed by atoms with E-state index < -0.39 is 0 Å². The molecule has 1 N–H and O–H groups in total. The second-order valence-electron chi connectivity index (χ2n) is 7.44. The molecule has 0 radical (unpaired) electrons. The van der Waals surface area contributed by atoms with Crippen LogP contribution in [0.4, 0.5) is 0 Å². The monoisotopic (exact) mass is 303 g/mol. The lowest BCUT2D eigenvalue weighted by molar-refractivity contribution is -0.123. The van der Waals surface area contributed by atoms with Crippen LogP contribution >= 0.6 is 0 Å². The summed E-state index contributed by atoms with van der Waals surface area (Å²) in [6, 6.07) is 4.24. The van der Waals surface area contributed by atoms with Crippen molar-refractivity contribution in [2.75, 3.05) is 13.2 Å². The summed E-state index contributed by atoms with van der Waals surface area (Å²) in [4.78, 5) is 12.3. The highest BCUT2D eigenvalue weighted by molar-refractivity contribution is 5.77. The average Bonchev–Trinajstić information content (AvgIpc) is 2.43. The third-order valence-corrected chi connectivity index (χ3v) is 4.14. The molecule has 22 heavy (non-hydrogen) atoms. The Morgan fingerprint density at radius 2 is 1.91 bits per heavy atom. The highest BCUT2D eigenvalue weighted by Crippen LogP contribution is 2.39. The Bertz CT molecular complexity index is 574. The number of hydrogen-bond acceptors (Lipinski definition) is 3. The zero-order valence-electron chi connectivity index (χ0n) is 13.7. The van der Waals surface area contributed by atoms with Crippen LogP contribution in [0.25, 0.3) is 0 Å². The van der Waals surface area contributed by atoms with Gasteiger partial charge in [0, 0.05) is 6.42 Å². The van der Waals surface area contributed by atoms with E-state index in [1.807, 2.05) is 0 Å². The van der Waals surface area contributed by atoms with Crippen molar-refractivity contribution in [3.63, 3.8) is 0 Å². The van der Waals surface area contributed by atoms with Crippen molar-refractivity contribution in [2.45, 2.75) is 52.5 Å². The molecule has 0 fully saturated rings. The zero-order valence-corrected chi connectivity index (χ0v) is 13.7. The van der Waals surface area contributed by atoms with Crippen LogP contribution < -0.4 is 14.8 Å². The Morgan fingerprint density at radius 3 is 2.59 bits per heavy atom. The number of amides is 1. The molecule has 0 bridgehead atoms. The zero-order chi connectivity index (χ0) is 15.7. The maximum absolute atomic E-state index is 12.3. The van der Waals surface area contributed by atoms with Crippen LogP contribution in [0.2, 0.25) is 0 Å². The Balaban J connectivity index is 1.80. The number of ether oxygens (including phenoxy) is 2. The van der Waals surface area contributed by atoms with Crippen LogP contribution in [-0.4, -0.2) is 19.1 Å². The summed E-state index contributed by atoms with van der Waals surface area (Å²) in [7, 11) is 0. The third kappa shape index (κ3) is 3.37. The fraction of sp³-hybridized carbons (Fsp3) is 0.611. The van der Waals surface area contributed by atoms with Gasteiger partial charge in [-0.2, -0.15) is 0 Å². The van der Waals surface area contributed by atoms with E-state index in [1.54, 1.807) is 0 Å². The van der Waals surface area contributed by atoms with E-state index in [-0.39, 0.29) is 17.4 Å². The molecule has 1 amide bonds. The topological polar surface area (TPSA) is 47.6 Å². The maximum Gasteiger partial charge on any atom is 0.221 e. The number of nitrogens with one attached hydrogen (secondary N) is 1. The summed E-state index contributed by atoms with van der Waals surface area (Å²) in [5.41, 5.74) is 2.48. The van der Waals surface area contributed by atoms with Gasteiger partial charge in [0.1, 0.15) is 13.2 Å². The van der Waals surface area contributed by atoms with Crippen LogP contribution in [0.1, 0.15) is 57.2 Å². The number of fused-ring (bicyclic) bond motifs is 2. The second kappa shape index (κ2) is 5.82. The van der Waals surface area contributed by atoms with E-state index in [0.717, 1.165) is 30.8 Å². The fourth-order valence-electron chi connectivity index (χ4n) is 3.22. The molecule has 4 heteroatoms. The molecule has 2 aliphatic rings. The predicted molar refractivity (Wildman–Crippen MR) is 85.3 cm³/mol. The molecule has 1 aliphatic heterocycles. The van der Waals surface area contributed by atoms with Gasteiger partial charge in [-0.05, 0) is 47.9 Å². The van der Waals surface area contributed by atoms with Crippen LogP contribution in [0.3, 0.4) is 0 Å². The molecule has 0 saturated carbocycles. The van der Waals surface area contributed by atoms with Crippen LogP contribution in [0.15, 0.2) is 12.1 Å². The van der Waals surface area contributed by atoms with Gasteiger partial charge in [0.15, 0.2) is 11.5 Å². The Morgan fingerprint density at radius 1 is 1.23 bits per heavy atom. The van der Waals surface area contributed by atoms with Crippen LogP contribution in [0, 0.1) is 5.41 Å². The quantitative estimate of drug-likeness (QED) is 0.911. The molecule has 1 aliphatic carbocycles. The third-order valence-electron chi connectivity index (χ3n) is 4.14. The lowest BCUT2D eigenvalue weighted by Gasteiger charge is -2.30. The second-order valence-corrected chi connectivity index (χ2v) is 7.44. The number of rotatable bonds is 2. The highest BCUT2D eigenvalue weighted by Gasteiger charge is 2.26. The molecule has 120 valence electrons. The van der Waals surface area contributed by atoms with Crippen molar-refractivity contribution < 1.29 is 14.3 Å². The fourth-order valence-corrected chi connectivity index (χ4v) is 3.22. The summed E-state index contributed by atoms with van der Waals surface area (Å²) in [5.74, 6) is 1.77. The number of carbonyl (C=O) groups excluding carboxylic acids is 1. The van der Waals surface area contributed by atoms with Gasteiger partial charge in [-0.25, -0.2) is 0 Å². The summed E-state index contributed by atoms with van der Waals surface area (Å²) in [5, 5.41) is 3.20. The molecule has 1 atom stereocenters. The molecule has 0 aromatic heterocycles. The maximum atomic E-state index is 12.3. The highest BCUT2D eigenvalue weighted by atomic mass is 16.6. The molecular formula is C18H25NO3. The number of carbonyl (C=O) groups is 1. The van der Waals surface area contributed by atoms with Crippen molar-refractivity contribution in [1.82, 2.24) is 5.32 Å². The molecule has 1 unspecified atom stereocenters. The van der Waals surface area contributed by atoms with E-state index in [0.29, 0.717) is 19.6 Å². The van der Waals surface area contributed by atoms with E-state index >= 15 is 0 Å². The first kappa shape index (κ1) is 15.2. The van der Waals surface area contributed by atoms with Gasteiger partial charge in [-0.15, -0.1) is 0 Å². The number of hydrogen-bond donors (Lipinski definition) is 1. The van der Waals surface area contributed by atoms with Crippen LogP contribution in [0.5, 0.6) is 11.5 Å². The van der Waals surface area contributed by atoms with Gasteiger partial charge in [-0.1, -0.05) is 20.8 Å². The minimum absolute atomic E-state index is 0.00832. The minimum Gasteiger partial charge on any atom is -0.486 e. The molecule has 1 aromatic rings. The minimum atomic E-state index is 0.00832. The summed E-state index contributed by atoms with van der Waals surface area (Å²) >= 11 is 0. The van der Waals surface area contributed by atoms with E-state index in [9.17, 15) is 4.79 Å². The van der Waals surface area contributed by atoms with Gasteiger partial charge in [0.05, 0.1) is 6.04 Å². The molecule has 0 saturated heterocycles. The van der Waals surface area contributed by atoms with Crippen molar-refractivity contribution in [3.8, 4) is 11.5 Å². The smallest absolute Gasteiger partial charge is 0.221 e. The molecule has 4 nitrogen and oxygen atoms in total. The van der Waals surface area contributed by atoms with Crippen molar-refractivity contribution in [3.05, 3.63) is 23.3 Å². The van der Waals surface area contributed by atoms with Crippen LogP contribution in [-0.2, 0) is 11.2 Å². The van der Waals surface area contributed by atoms with E-state index in [1.165, 1.54) is 11.1 Å². The van der Waals surface area contributed by atoms with Gasteiger partial charge in [0.25, 0.3) is 0 Å². The molecule has 1 heterocycles. The lowest BCUT2D eigenvalue weighted by Crippen LogP contribution is -2.33. The van der Waals surface area contributed by atoms with Crippen molar-refractivity contribution >= 4 is 5.91 Å². The Labute approximate surface area is 132 Å². The van der Waals surface area contributed by atoms with E-state index in [4.69, 9.17) is 9.47 Å². The number of benzene rings is 1.